The van der Waals surface area contributed by atoms with Gasteiger partial charge in [0.1, 0.15) is 0 Å². The van der Waals surface area contributed by atoms with Gasteiger partial charge in [0.05, 0.1) is 6.04 Å². The number of carbonyl (C=O) groups excluding carboxylic acids is 2. The molecule has 112 valence electrons. The molecule has 0 saturated carbocycles. The molecule has 0 radical (unpaired) electrons. The summed E-state index contributed by atoms with van der Waals surface area (Å²) in [5, 5.41) is 6.16. The standard InChI is InChI=1S/C14H24N4O2/c1-10-2-5-15-12(10)13(19)17-7-3-11(4-8-17)18-9-6-16-14(18)20/h10-12,15H,2-9H2,1H3,(H,16,20). The second-order valence-corrected chi connectivity index (χ2v) is 6.18. The first-order valence-electron chi connectivity index (χ1n) is 7.73. The van der Waals surface area contributed by atoms with Crippen molar-refractivity contribution in [3.8, 4) is 0 Å². The second kappa shape index (κ2) is 5.60. The van der Waals surface area contributed by atoms with Crippen LogP contribution in [0.4, 0.5) is 4.79 Å². The van der Waals surface area contributed by atoms with Crippen molar-refractivity contribution in [3.63, 3.8) is 0 Å². The van der Waals surface area contributed by atoms with Crippen molar-refractivity contribution in [2.75, 3.05) is 32.7 Å². The Balaban J connectivity index is 1.53. The molecule has 0 aromatic heterocycles. The summed E-state index contributed by atoms with van der Waals surface area (Å²) in [6, 6.07) is 0.359. The van der Waals surface area contributed by atoms with Gasteiger partial charge in [-0.05, 0) is 31.7 Å². The van der Waals surface area contributed by atoms with Gasteiger partial charge in [0, 0.05) is 32.2 Å². The van der Waals surface area contributed by atoms with E-state index in [-0.39, 0.29) is 18.0 Å². The molecule has 3 amide bonds. The predicted molar refractivity (Wildman–Crippen MR) is 75.3 cm³/mol. The lowest BCUT2D eigenvalue weighted by Crippen LogP contribution is -2.52. The summed E-state index contributed by atoms with van der Waals surface area (Å²) >= 11 is 0. The zero-order chi connectivity index (χ0) is 14.1. The van der Waals surface area contributed by atoms with E-state index in [1.807, 2.05) is 9.80 Å². The first-order valence-corrected chi connectivity index (χ1v) is 7.73. The maximum atomic E-state index is 12.5. The van der Waals surface area contributed by atoms with Crippen molar-refractivity contribution < 1.29 is 9.59 Å². The van der Waals surface area contributed by atoms with E-state index < -0.39 is 0 Å². The topological polar surface area (TPSA) is 64.7 Å². The quantitative estimate of drug-likeness (QED) is 0.748. The van der Waals surface area contributed by atoms with E-state index in [1.54, 1.807) is 0 Å². The van der Waals surface area contributed by atoms with Crippen LogP contribution in [0.2, 0.25) is 0 Å². The Hall–Kier alpha value is -1.30. The Morgan fingerprint density at radius 2 is 1.90 bits per heavy atom. The molecule has 3 saturated heterocycles. The molecule has 0 aliphatic carbocycles. The molecule has 0 aromatic rings. The maximum Gasteiger partial charge on any atom is 0.317 e. The number of hydrogen-bond donors (Lipinski definition) is 2. The minimum absolute atomic E-state index is 0.00151. The van der Waals surface area contributed by atoms with Crippen LogP contribution in [0.25, 0.3) is 0 Å². The molecular weight excluding hydrogens is 256 g/mol. The second-order valence-electron chi connectivity index (χ2n) is 6.18. The van der Waals surface area contributed by atoms with Crippen LogP contribution in [0, 0.1) is 5.92 Å². The highest BCUT2D eigenvalue weighted by atomic mass is 16.2. The Morgan fingerprint density at radius 3 is 2.45 bits per heavy atom. The molecular formula is C14H24N4O2. The molecule has 0 aromatic carbocycles. The Morgan fingerprint density at radius 1 is 1.15 bits per heavy atom. The lowest BCUT2D eigenvalue weighted by molar-refractivity contribution is -0.135. The largest absolute Gasteiger partial charge is 0.341 e. The Kier molecular flexibility index (Phi) is 3.83. The maximum absolute atomic E-state index is 12.5. The van der Waals surface area contributed by atoms with Gasteiger partial charge in [-0.3, -0.25) is 4.79 Å². The molecule has 0 spiro atoms. The molecule has 2 N–H and O–H groups in total. The fourth-order valence-electron chi connectivity index (χ4n) is 3.59. The van der Waals surface area contributed by atoms with Crippen LogP contribution in [-0.2, 0) is 4.79 Å². The number of likely N-dealkylation sites (tertiary alicyclic amines) is 1. The molecule has 20 heavy (non-hydrogen) atoms. The predicted octanol–water partition coefficient (Wildman–Crippen LogP) is 0.000600. The minimum Gasteiger partial charge on any atom is -0.341 e. The van der Waals surface area contributed by atoms with Crippen LogP contribution in [0.15, 0.2) is 0 Å². The lowest BCUT2D eigenvalue weighted by atomic mass is 9.99. The summed E-state index contributed by atoms with van der Waals surface area (Å²) < 4.78 is 0. The summed E-state index contributed by atoms with van der Waals surface area (Å²) in [5.41, 5.74) is 0. The number of hydrogen-bond acceptors (Lipinski definition) is 3. The number of urea groups is 1. The average Bonchev–Trinajstić information content (AvgIpc) is 3.07. The minimum atomic E-state index is 0.00151. The Bertz CT molecular complexity index is 393. The van der Waals surface area contributed by atoms with E-state index in [0.717, 1.165) is 52.0 Å². The first kappa shape index (κ1) is 13.7. The van der Waals surface area contributed by atoms with Crippen LogP contribution < -0.4 is 10.6 Å². The molecule has 6 nitrogen and oxygen atoms in total. The molecule has 2 unspecified atom stereocenters. The molecule has 2 atom stereocenters. The molecule has 0 bridgehead atoms. The summed E-state index contributed by atoms with van der Waals surface area (Å²) in [6.45, 7) is 6.20. The van der Waals surface area contributed by atoms with Gasteiger partial charge in [-0.1, -0.05) is 6.92 Å². The van der Waals surface area contributed by atoms with E-state index in [4.69, 9.17) is 0 Å². The fraction of sp³-hybridized carbons (Fsp3) is 0.857. The number of rotatable bonds is 2. The van der Waals surface area contributed by atoms with Crippen LogP contribution in [0.5, 0.6) is 0 Å². The van der Waals surface area contributed by atoms with Gasteiger partial charge in [0.2, 0.25) is 5.91 Å². The van der Waals surface area contributed by atoms with Crippen LogP contribution in [0.1, 0.15) is 26.2 Å². The van der Waals surface area contributed by atoms with Crippen molar-refractivity contribution in [1.29, 1.82) is 0 Å². The Labute approximate surface area is 119 Å². The van der Waals surface area contributed by atoms with E-state index in [9.17, 15) is 9.59 Å². The first-order chi connectivity index (χ1) is 9.66. The van der Waals surface area contributed by atoms with Crippen LogP contribution in [0.3, 0.4) is 0 Å². The molecule has 3 aliphatic rings. The third kappa shape index (κ3) is 2.49. The fourth-order valence-corrected chi connectivity index (χ4v) is 3.59. The van der Waals surface area contributed by atoms with Gasteiger partial charge in [0.15, 0.2) is 0 Å². The molecule has 3 rings (SSSR count). The molecule has 3 aliphatic heterocycles. The van der Waals surface area contributed by atoms with Crippen LogP contribution in [-0.4, -0.2) is 66.5 Å². The van der Waals surface area contributed by atoms with Gasteiger partial charge < -0.3 is 20.4 Å². The SMILES string of the molecule is CC1CCNC1C(=O)N1CCC(N2CCNC2=O)CC1. The number of carbonyl (C=O) groups is 2. The third-order valence-electron chi connectivity index (χ3n) is 4.91. The van der Waals surface area contributed by atoms with Gasteiger partial charge in [-0.2, -0.15) is 0 Å². The molecule has 6 heteroatoms. The van der Waals surface area contributed by atoms with Crippen molar-refractivity contribution in [3.05, 3.63) is 0 Å². The van der Waals surface area contributed by atoms with Crippen LogP contribution >= 0.6 is 0 Å². The summed E-state index contributed by atoms with van der Waals surface area (Å²) in [4.78, 5) is 28.0. The normalized spacial score (nSPS) is 31.8. The van der Waals surface area contributed by atoms with E-state index in [2.05, 4.69) is 17.6 Å². The van der Waals surface area contributed by atoms with Gasteiger partial charge in [-0.15, -0.1) is 0 Å². The zero-order valence-electron chi connectivity index (χ0n) is 12.1. The highest BCUT2D eigenvalue weighted by Gasteiger charge is 2.36. The number of amides is 3. The summed E-state index contributed by atoms with van der Waals surface area (Å²) in [7, 11) is 0. The highest BCUT2D eigenvalue weighted by molar-refractivity contribution is 5.82. The van der Waals surface area contributed by atoms with Crippen molar-refractivity contribution in [2.45, 2.75) is 38.3 Å². The lowest BCUT2D eigenvalue weighted by Gasteiger charge is -2.37. The zero-order valence-corrected chi connectivity index (χ0v) is 12.1. The molecule has 3 heterocycles. The monoisotopic (exact) mass is 280 g/mol. The summed E-state index contributed by atoms with van der Waals surface area (Å²) in [6.07, 6.45) is 2.89. The van der Waals surface area contributed by atoms with E-state index >= 15 is 0 Å². The van der Waals surface area contributed by atoms with E-state index in [1.165, 1.54) is 0 Å². The number of nitrogens with one attached hydrogen (secondary N) is 2. The van der Waals surface area contributed by atoms with Crippen molar-refractivity contribution in [1.82, 2.24) is 20.4 Å². The van der Waals surface area contributed by atoms with Gasteiger partial charge >= 0.3 is 6.03 Å². The van der Waals surface area contributed by atoms with E-state index in [0.29, 0.717) is 12.0 Å². The summed E-state index contributed by atoms with van der Waals surface area (Å²) in [5.74, 6) is 0.684. The van der Waals surface area contributed by atoms with Gasteiger partial charge in [0.25, 0.3) is 0 Å². The van der Waals surface area contributed by atoms with Gasteiger partial charge in [-0.25, -0.2) is 4.79 Å². The molecule has 3 fully saturated rings. The van der Waals surface area contributed by atoms with Crippen molar-refractivity contribution >= 4 is 11.9 Å². The highest BCUT2D eigenvalue weighted by Crippen LogP contribution is 2.22. The average molecular weight is 280 g/mol. The van der Waals surface area contributed by atoms with Crippen molar-refractivity contribution in [2.24, 2.45) is 5.92 Å². The number of nitrogens with zero attached hydrogens (tertiary/aromatic N) is 2. The third-order valence-corrected chi connectivity index (χ3v) is 4.91. The number of piperidine rings is 1. The smallest absolute Gasteiger partial charge is 0.317 e.